The Bertz CT molecular complexity index is 318. The molecule has 0 bridgehead atoms. The first kappa shape index (κ1) is 10.9. The number of halogens is 3. The van der Waals surface area contributed by atoms with Crippen LogP contribution in [-0.2, 0) is 12.6 Å². The average molecular weight is 203 g/mol. The first-order valence-electron chi connectivity index (χ1n) is 4.02. The summed E-state index contributed by atoms with van der Waals surface area (Å²) in [6.45, 7) is 3.59. The quantitative estimate of drug-likeness (QED) is 0.717. The molecule has 77 valence electrons. The van der Waals surface area contributed by atoms with E-state index in [-0.39, 0.29) is 5.75 Å². The first-order chi connectivity index (χ1) is 6.49. The van der Waals surface area contributed by atoms with Gasteiger partial charge in [-0.3, -0.25) is 0 Å². The van der Waals surface area contributed by atoms with Gasteiger partial charge in [0.1, 0.15) is 5.75 Å². The zero-order chi connectivity index (χ0) is 10.8. The van der Waals surface area contributed by atoms with Gasteiger partial charge in [-0.1, -0.05) is 6.07 Å². The molecule has 1 rings (SSSR count). The molecule has 0 amide bonds. The molecule has 1 aromatic rings. The predicted octanol–water partition coefficient (Wildman–Crippen LogP) is 3.09. The van der Waals surface area contributed by atoms with Gasteiger partial charge in [-0.25, -0.2) is 0 Å². The number of hydrogen-bond acceptors (Lipinski definition) is 1. The molecule has 0 saturated heterocycles. The highest BCUT2D eigenvalue weighted by molar-refractivity contribution is 5.39. The summed E-state index contributed by atoms with van der Waals surface area (Å²) in [6.07, 6.45) is -3.93. The Morgan fingerprint density at radius 2 is 2.00 bits per heavy atom. The number of alkyl halides is 3. The molecular weight excluding hydrogens is 193 g/mol. The molecule has 4 heteroatoms. The van der Waals surface area contributed by atoms with Gasteiger partial charge in [0, 0.05) is 0 Å². The van der Waals surface area contributed by atoms with Crippen molar-refractivity contribution in [1.29, 1.82) is 0 Å². The maximum Gasteiger partial charge on any atom is 0.419 e. The van der Waals surface area contributed by atoms with Crippen molar-refractivity contribution < 1.29 is 17.9 Å². The fraction of sp³-hybridized carbons (Fsp3) is 0.300. The van der Waals surface area contributed by atoms with Gasteiger partial charge in [0.25, 0.3) is 0 Å². The summed E-state index contributed by atoms with van der Waals surface area (Å²) in [4.78, 5) is 0. The summed E-state index contributed by atoms with van der Waals surface area (Å²) in [5.74, 6) is -0.154. The highest BCUT2D eigenvalue weighted by Gasteiger charge is 2.34. The van der Waals surface area contributed by atoms with Crippen molar-refractivity contribution in [2.24, 2.45) is 0 Å². The van der Waals surface area contributed by atoms with E-state index >= 15 is 0 Å². The molecule has 0 aliphatic carbocycles. The second-order valence-corrected chi connectivity index (χ2v) is 2.78. The van der Waals surface area contributed by atoms with Gasteiger partial charge >= 0.3 is 6.18 Å². The van der Waals surface area contributed by atoms with E-state index in [2.05, 4.69) is 11.7 Å². The zero-order valence-corrected chi connectivity index (χ0v) is 7.69. The molecule has 14 heavy (non-hydrogen) atoms. The van der Waals surface area contributed by atoms with E-state index in [0.717, 1.165) is 11.6 Å². The van der Waals surface area contributed by atoms with Crippen LogP contribution in [0.3, 0.4) is 0 Å². The molecule has 0 heterocycles. The van der Waals surface area contributed by atoms with Crippen LogP contribution >= 0.6 is 0 Å². The minimum Gasteiger partial charge on any atom is -0.496 e. The molecular formula is C10H10F3O. The summed E-state index contributed by atoms with van der Waals surface area (Å²) in [5, 5.41) is 0. The molecule has 1 aromatic carbocycles. The molecule has 0 unspecified atom stereocenters. The van der Waals surface area contributed by atoms with Crippen LogP contribution in [0.4, 0.5) is 13.2 Å². The predicted molar refractivity (Wildman–Crippen MR) is 47.1 cm³/mol. The minimum atomic E-state index is -4.37. The SMILES string of the molecule is [CH2]Cc1ccc(C(F)(F)F)c(OC)c1. The highest BCUT2D eigenvalue weighted by Crippen LogP contribution is 2.36. The summed E-state index contributed by atoms with van der Waals surface area (Å²) in [6, 6.07) is 3.77. The van der Waals surface area contributed by atoms with Crippen molar-refractivity contribution in [1.82, 2.24) is 0 Å². The van der Waals surface area contributed by atoms with Crippen molar-refractivity contribution in [3.8, 4) is 5.75 Å². The van der Waals surface area contributed by atoms with Gasteiger partial charge in [0.05, 0.1) is 12.7 Å². The van der Waals surface area contributed by atoms with Gasteiger partial charge in [-0.2, -0.15) is 13.2 Å². The molecule has 1 radical (unpaired) electrons. The Hall–Kier alpha value is -1.19. The Balaban J connectivity index is 3.18. The third-order valence-electron chi connectivity index (χ3n) is 1.86. The molecule has 0 atom stereocenters. The van der Waals surface area contributed by atoms with Gasteiger partial charge < -0.3 is 4.74 Å². The third kappa shape index (κ3) is 2.19. The van der Waals surface area contributed by atoms with Crippen LogP contribution in [0, 0.1) is 6.92 Å². The molecule has 0 aliphatic heterocycles. The summed E-state index contributed by atoms with van der Waals surface area (Å²) in [7, 11) is 1.22. The Labute approximate surface area is 80.5 Å². The van der Waals surface area contributed by atoms with Crippen LogP contribution < -0.4 is 4.74 Å². The second-order valence-electron chi connectivity index (χ2n) is 2.78. The molecule has 0 aliphatic rings. The van der Waals surface area contributed by atoms with Crippen LogP contribution in [0.2, 0.25) is 0 Å². The average Bonchev–Trinajstić information content (AvgIpc) is 2.15. The molecule has 0 fully saturated rings. The van der Waals surface area contributed by atoms with Crippen LogP contribution in [0.1, 0.15) is 11.1 Å². The lowest BCUT2D eigenvalue weighted by Gasteiger charge is -2.12. The highest BCUT2D eigenvalue weighted by atomic mass is 19.4. The van der Waals surface area contributed by atoms with Crippen molar-refractivity contribution in [3.63, 3.8) is 0 Å². The van der Waals surface area contributed by atoms with Gasteiger partial charge in [-0.05, 0) is 31.0 Å². The van der Waals surface area contributed by atoms with Crippen LogP contribution in [0.15, 0.2) is 18.2 Å². The summed E-state index contributed by atoms with van der Waals surface area (Å²) in [5.41, 5.74) is -0.0351. The molecule has 0 N–H and O–H groups in total. The molecule has 0 spiro atoms. The van der Waals surface area contributed by atoms with E-state index in [1.54, 1.807) is 0 Å². The fourth-order valence-electron chi connectivity index (χ4n) is 1.13. The topological polar surface area (TPSA) is 9.23 Å². The van der Waals surface area contributed by atoms with Crippen molar-refractivity contribution in [2.75, 3.05) is 7.11 Å². The Kier molecular flexibility index (Phi) is 3.03. The maximum atomic E-state index is 12.4. The molecule has 0 aromatic heterocycles. The van der Waals surface area contributed by atoms with Crippen molar-refractivity contribution in [3.05, 3.63) is 36.2 Å². The van der Waals surface area contributed by atoms with E-state index in [0.29, 0.717) is 6.42 Å². The van der Waals surface area contributed by atoms with Crippen LogP contribution in [-0.4, -0.2) is 7.11 Å². The van der Waals surface area contributed by atoms with Gasteiger partial charge in [0.2, 0.25) is 0 Å². The minimum absolute atomic E-state index is 0.154. The number of methoxy groups -OCH3 is 1. The second kappa shape index (κ2) is 3.90. The van der Waals surface area contributed by atoms with Crippen molar-refractivity contribution in [2.45, 2.75) is 12.6 Å². The molecule has 0 saturated carbocycles. The lowest BCUT2D eigenvalue weighted by Crippen LogP contribution is -2.07. The Morgan fingerprint density at radius 1 is 1.36 bits per heavy atom. The number of benzene rings is 1. The largest absolute Gasteiger partial charge is 0.496 e. The van der Waals surface area contributed by atoms with E-state index in [4.69, 9.17) is 0 Å². The molecule has 1 nitrogen and oxygen atoms in total. The lowest BCUT2D eigenvalue weighted by molar-refractivity contribution is -0.138. The third-order valence-corrected chi connectivity index (χ3v) is 1.86. The first-order valence-corrected chi connectivity index (χ1v) is 4.02. The normalized spacial score (nSPS) is 11.5. The van der Waals surface area contributed by atoms with Gasteiger partial charge in [0.15, 0.2) is 0 Å². The standard InChI is InChI=1S/C10H10F3O/c1-3-7-4-5-8(10(11,12)13)9(6-7)14-2/h4-6H,1,3H2,2H3. The maximum absolute atomic E-state index is 12.4. The van der Waals surface area contributed by atoms with Gasteiger partial charge in [-0.15, -0.1) is 0 Å². The lowest BCUT2D eigenvalue weighted by atomic mass is 10.1. The Morgan fingerprint density at radius 3 is 2.43 bits per heavy atom. The monoisotopic (exact) mass is 203 g/mol. The number of rotatable bonds is 2. The fourth-order valence-corrected chi connectivity index (χ4v) is 1.13. The van der Waals surface area contributed by atoms with Crippen molar-refractivity contribution >= 4 is 0 Å². The van der Waals surface area contributed by atoms with E-state index in [1.807, 2.05) is 0 Å². The van der Waals surface area contributed by atoms with Crippen LogP contribution in [0.5, 0.6) is 5.75 Å². The van der Waals surface area contributed by atoms with E-state index in [1.165, 1.54) is 19.2 Å². The summed E-state index contributed by atoms with van der Waals surface area (Å²) >= 11 is 0. The van der Waals surface area contributed by atoms with E-state index in [9.17, 15) is 13.2 Å². The zero-order valence-electron chi connectivity index (χ0n) is 7.69. The smallest absolute Gasteiger partial charge is 0.419 e. The number of ether oxygens (including phenoxy) is 1. The van der Waals surface area contributed by atoms with E-state index < -0.39 is 11.7 Å². The van der Waals surface area contributed by atoms with Crippen LogP contribution in [0.25, 0.3) is 0 Å². The summed E-state index contributed by atoms with van der Waals surface area (Å²) < 4.78 is 41.8. The number of hydrogen-bond donors (Lipinski definition) is 0.